The normalized spacial score (nSPS) is 15.6. The van der Waals surface area contributed by atoms with Crippen LogP contribution in [0.1, 0.15) is 19.4 Å². The molecular weight excluding hydrogens is 301 g/mol. The van der Waals surface area contributed by atoms with Crippen LogP contribution in [-0.2, 0) is 16.2 Å². The average Bonchev–Trinajstić information content (AvgIpc) is 2.80. The number of hydrogen-bond donors (Lipinski definition) is 2. The second-order valence-corrected chi connectivity index (χ2v) is 5.94. The van der Waals surface area contributed by atoms with E-state index in [0.717, 1.165) is 18.8 Å². The third-order valence-electron chi connectivity index (χ3n) is 2.22. The van der Waals surface area contributed by atoms with Crippen molar-refractivity contribution in [3.05, 3.63) is 29.8 Å². The van der Waals surface area contributed by atoms with Crippen molar-refractivity contribution in [2.24, 2.45) is 0 Å². The van der Waals surface area contributed by atoms with E-state index >= 15 is 0 Å². The van der Waals surface area contributed by atoms with Gasteiger partial charge in [0.1, 0.15) is 0 Å². The van der Waals surface area contributed by atoms with Crippen molar-refractivity contribution in [3.63, 3.8) is 0 Å². The molecule has 0 saturated carbocycles. The van der Waals surface area contributed by atoms with E-state index in [-0.39, 0.29) is 22.3 Å². The summed E-state index contributed by atoms with van der Waals surface area (Å²) in [6.07, 6.45) is 0.218. The number of nitrogens with one attached hydrogen (secondary N) is 2. The summed E-state index contributed by atoms with van der Waals surface area (Å²) in [7, 11) is 0. The molecule has 1 fully saturated rings. The third kappa shape index (κ3) is 3.91. The summed E-state index contributed by atoms with van der Waals surface area (Å²) in [6.45, 7) is 6.20. The predicted octanol–water partition coefficient (Wildman–Crippen LogP) is 0.987. The van der Waals surface area contributed by atoms with Crippen LogP contribution >= 0.6 is 0 Å². The Bertz CT molecular complexity index is 442. The summed E-state index contributed by atoms with van der Waals surface area (Å²) >= 11 is 0.0734. The second kappa shape index (κ2) is 6.29. The molecule has 1 aromatic carbocycles. The Hall–Kier alpha value is -0.697. The first-order valence-electron chi connectivity index (χ1n) is 5.80. The van der Waals surface area contributed by atoms with Crippen LogP contribution in [0.4, 0.5) is 0 Å². The molecule has 1 aromatic rings. The number of para-hydroxylation sites is 1. The van der Waals surface area contributed by atoms with Crippen LogP contribution in [0.3, 0.4) is 0 Å². The summed E-state index contributed by atoms with van der Waals surface area (Å²) in [5, 5.41) is 6.72. The topological polar surface area (TPSA) is 33.3 Å². The Kier molecular flexibility index (Phi) is 4.72. The summed E-state index contributed by atoms with van der Waals surface area (Å²) in [5.41, 5.74) is 1.20. The fourth-order valence-corrected chi connectivity index (χ4v) is 3.23. The van der Waals surface area contributed by atoms with Crippen LogP contribution in [0.25, 0.3) is 0 Å². The van der Waals surface area contributed by atoms with Gasteiger partial charge in [-0.1, -0.05) is 0 Å². The van der Waals surface area contributed by atoms with E-state index in [4.69, 9.17) is 4.74 Å². The van der Waals surface area contributed by atoms with E-state index in [9.17, 15) is 0 Å². The van der Waals surface area contributed by atoms with Crippen molar-refractivity contribution in [2.45, 2.75) is 20.0 Å². The van der Waals surface area contributed by atoms with E-state index in [2.05, 4.69) is 41.2 Å². The van der Waals surface area contributed by atoms with E-state index in [1.807, 2.05) is 12.1 Å². The third-order valence-corrected chi connectivity index (χ3v) is 4.13. The summed E-state index contributed by atoms with van der Waals surface area (Å²) in [5.74, 6) is 0.982. The van der Waals surface area contributed by atoms with Gasteiger partial charge in [0.15, 0.2) is 0 Å². The molecule has 0 atom stereocenters. The maximum atomic E-state index is 5.79. The Morgan fingerprint density at radius 1 is 1.24 bits per heavy atom. The van der Waals surface area contributed by atoms with Gasteiger partial charge < -0.3 is 0 Å². The molecule has 1 heterocycles. The molecule has 0 radical (unpaired) electrons. The predicted molar refractivity (Wildman–Crippen MR) is 68.4 cm³/mol. The van der Waals surface area contributed by atoms with Crippen LogP contribution in [0.15, 0.2) is 24.3 Å². The monoisotopic (exact) mass is 320 g/mol. The van der Waals surface area contributed by atoms with Crippen LogP contribution in [0.2, 0.25) is 0 Å². The molecule has 3 nitrogen and oxygen atoms in total. The minimum absolute atomic E-state index is 0.0734. The van der Waals surface area contributed by atoms with Gasteiger partial charge in [-0.05, 0) is 0 Å². The fourth-order valence-electron chi connectivity index (χ4n) is 1.51. The van der Waals surface area contributed by atoms with Crippen LogP contribution in [-0.4, -0.2) is 28.2 Å². The Balaban J connectivity index is 2.22. The standard InChI is InChI=1S/C10H12O.C3H6N2.Ru/c1-8(2)11-10-7-5-4-6-9(10)3;1-2-5-3-4-1;/h3-8H,1-2H3;4-5H,1-2H2;/q;;-2. The molecule has 0 bridgehead atoms. The Morgan fingerprint density at radius 3 is 2.65 bits per heavy atom. The molecule has 0 unspecified atom stereocenters. The fraction of sp³-hybridized carbons (Fsp3) is 0.385. The van der Waals surface area contributed by atoms with Crippen molar-refractivity contribution in [1.82, 2.24) is 10.6 Å². The molecule has 4 heteroatoms. The van der Waals surface area contributed by atoms with Crippen molar-refractivity contribution in [3.8, 4) is 5.75 Å². The van der Waals surface area contributed by atoms with Crippen LogP contribution in [0, 0.1) is 0 Å². The van der Waals surface area contributed by atoms with E-state index in [1.54, 1.807) is 0 Å². The van der Waals surface area contributed by atoms with E-state index in [1.165, 1.54) is 9.92 Å². The maximum absolute atomic E-state index is 5.79. The van der Waals surface area contributed by atoms with Crippen LogP contribution in [0.5, 0.6) is 5.75 Å². The summed E-state index contributed by atoms with van der Waals surface area (Å²) < 4.78 is 9.36. The van der Waals surface area contributed by atoms with Gasteiger partial charge in [0, 0.05) is 0 Å². The zero-order valence-corrected chi connectivity index (χ0v) is 11.9. The first kappa shape index (κ1) is 12.8. The number of rotatable bonds is 3. The molecule has 0 spiro atoms. The zero-order chi connectivity index (χ0) is 12.1. The molecule has 17 heavy (non-hydrogen) atoms. The van der Waals surface area contributed by atoms with E-state index < -0.39 is 0 Å². The van der Waals surface area contributed by atoms with Gasteiger partial charge in [-0.2, -0.15) is 0 Å². The molecule has 2 N–H and O–H groups in total. The second-order valence-electron chi connectivity index (χ2n) is 4.06. The van der Waals surface area contributed by atoms with Gasteiger partial charge >= 0.3 is 109 Å². The average molecular weight is 319 g/mol. The van der Waals surface area contributed by atoms with Gasteiger partial charge in [0.2, 0.25) is 0 Å². The molecule has 1 aliphatic heterocycles. The molecule has 96 valence electrons. The molecular formula is C13H18N2ORu-2. The first-order valence-corrected chi connectivity index (χ1v) is 7.67. The van der Waals surface area contributed by atoms with Gasteiger partial charge in [-0.25, -0.2) is 0 Å². The van der Waals surface area contributed by atoms with Crippen molar-refractivity contribution >= 4 is 8.96 Å². The number of benzene rings is 1. The molecule has 0 amide bonds. The summed E-state index contributed by atoms with van der Waals surface area (Å²) in [6, 6.07) is 8.22. The molecule has 0 aromatic heterocycles. The quantitative estimate of drug-likeness (QED) is 0.815. The van der Waals surface area contributed by atoms with Crippen molar-refractivity contribution in [2.75, 3.05) is 13.1 Å². The number of hydrogen-bond acceptors (Lipinski definition) is 3. The minimum atomic E-state index is 0.0734. The molecule has 1 saturated heterocycles. The van der Waals surface area contributed by atoms with E-state index in [0.29, 0.717) is 0 Å². The number of ether oxygens (including phenoxy) is 1. The molecule has 2 rings (SSSR count). The van der Waals surface area contributed by atoms with Gasteiger partial charge in [-0.15, -0.1) is 0 Å². The summed E-state index contributed by atoms with van der Waals surface area (Å²) in [4.78, 5) is 0. The van der Waals surface area contributed by atoms with Crippen molar-refractivity contribution < 1.29 is 21.0 Å². The van der Waals surface area contributed by atoms with Crippen LogP contribution < -0.4 is 15.4 Å². The van der Waals surface area contributed by atoms with Crippen molar-refractivity contribution in [1.29, 1.82) is 0 Å². The Labute approximate surface area is 109 Å². The van der Waals surface area contributed by atoms with Gasteiger partial charge in [0.05, 0.1) is 0 Å². The van der Waals surface area contributed by atoms with Gasteiger partial charge in [-0.3, -0.25) is 0 Å². The Morgan fingerprint density at radius 2 is 1.94 bits per heavy atom. The van der Waals surface area contributed by atoms with Gasteiger partial charge in [0.25, 0.3) is 0 Å². The first-order chi connectivity index (χ1) is 8.25. The SMILES string of the molecule is CC(C)Oc1ccccc1[CH]=[Ru-2]=[C]1NCCN1. The molecule has 1 aliphatic rings. The molecule has 0 aliphatic carbocycles. The zero-order valence-electron chi connectivity index (χ0n) is 10.1.